The van der Waals surface area contributed by atoms with Gasteiger partial charge in [-0.15, -0.1) is 0 Å². The first-order valence-electron chi connectivity index (χ1n) is 10.2. The average molecular weight is 364 g/mol. The highest BCUT2D eigenvalue weighted by Gasteiger charge is 2.06. The number of aliphatic imine (C=N–C) groups is 1. The predicted molar refractivity (Wildman–Crippen MR) is 118 cm³/mol. The summed E-state index contributed by atoms with van der Waals surface area (Å²) >= 11 is 0. The Bertz CT molecular complexity index is 713. The lowest BCUT2D eigenvalue weighted by Gasteiger charge is -2.12. The molecule has 0 spiro atoms. The van der Waals surface area contributed by atoms with Crippen LogP contribution in [0.25, 0.3) is 5.57 Å². The third-order valence-electron chi connectivity index (χ3n) is 4.95. The zero-order valence-electron chi connectivity index (χ0n) is 17.1. The van der Waals surface area contributed by atoms with Crippen LogP contribution in [0.3, 0.4) is 0 Å². The molecule has 0 aromatic heterocycles. The second-order valence-electron chi connectivity index (χ2n) is 7.12. The number of unbranched alkanes of at least 4 members (excludes halogenated alkanes) is 3. The lowest BCUT2D eigenvalue weighted by atomic mass is 9.93. The van der Waals surface area contributed by atoms with Crippen molar-refractivity contribution in [1.29, 1.82) is 0 Å². The minimum absolute atomic E-state index is 0.511. The molecule has 1 unspecified atom stereocenters. The molecule has 2 aromatic carbocycles. The monoisotopic (exact) mass is 363 g/mol. The Hall–Kier alpha value is -2.35. The topological polar surface area (TPSA) is 21.6 Å². The maximum Gasteiger partial charge on any atom is 0.119 e. The Morgan fingerprint density at radius 3 is 2.33 bits per heavy atom. The van der Waals surface area contributed by atoms with E-state index in [1.54, 1.807) is 0 Å². The SMILES string of the molecule is C=C(c1ccc(C=Nc2ccc(OCCCCCC)cc2)cc1)C(C)CC. The van der Waals surface area contributed by atoms with E-state index >= 15 is 0 Å². The summed E-state index contributed by atoms with van der Waals surface area (Å²) in [5.74, 6) is 1.43. The Balaban J connectivity index is 1.87. The van der Waals surface area contributed by atoms with Crippen LogP contribution in [0.15, 0.2) is 60.1 Å². The summed E-state index contributed by atoms with van der Waals surface area (Å²) in [6.07, 6.45) is 7.90. The number of ether oxygens (including phenoxy) is 1. The number of nitrogens with zero attached hydrogens (tertiary/aromatic N) is 1. The second kappa shape index (κ2) is 11.4. The van der Waals surface area contributed by atoms with Crippen molar-refractivity contribution < 1.29 is 4.74 Å². The summed E-state index contributed by atoms with van der Waals surface area (Å²) in [5, 5.41) is 0. The van der Waals surface area contributed by atoms with Gasteiger partial charge in [-0.2, -0.15) is 0 Å². The molecule has 0 aliphatic carbocycles. The number of hydrogen-bond acceptors (Lipinski definition) is 2. The van der Waals surface area contributed by atoms with Crippen molar-refractivity contribution in [2.45, 2.75) is 52.9 Å². The molecule has 2 aromatic rings. The quantitative estimate of drug-likeness (QED) is 0.300. The van der Waals surface area contributed by atoms with Crippen molar-refractivity contribution in [3.8, 4) is 5.75 Å². The molecule has 0 N–H and O–H groups in total. The van der Waals surface area contributed by atoms with Gasteiger partial charge < -0.3 is 4.74 Å². The average Bonchev–Trinajstić information content (AvgIpc) is 2.72. The predicted octanol–water partition coefficient (Wildman–Crippen LogP) is 7.46. The summed E-state index contributed by atoms with van der Waals surface area (Å²) in [6.45, 7) is 11.6. The van der Waals surface area contributed by atoms with E-state index in [0.29, 0.717) is 5.92 Å². The smallest absolute Gasteiger partial charge is 0.119 e. The maximum atomic E-state index is 5.77. The van der Waals surface area contributed by atoms with E-state index in [4.69, 9.17) is 4.74 Å². The van der Waals surface area contributed by atoms with E-state index in [1.807, 2.05) is 30.5 Å². The highest BCUT2D eigenvalue weighted by atomic mass is 16.5. The van der Waals surface area contributed by atoms with Crippen molar-refractivity contribution in [3.05, 3.63) is 66.2 Å². The maximum absolute atomic E-state index is 5.77. The zero-order chi connectivity index (χ0) is 19.5. The van der Waals surface area contributed by atoms with Crippen LogP contribution in [-0.2, 0) is 0 Å². The molecule has 0 saturated heterocycles. The Labute approximate surface area is 165 Å². The van der Waals surface area contributed by atoms with Gasteiger partial charge in [0.05, 0.1) is 12.3 Å². The molecule has 0 saturated carbocycles. The molecular weight excluding hydrogens is 330 g/mol. The molecule has 0 radical (unpaired) electrons. The Morgan fingerprint density at radius 1 is 1.00 bits per heavy atom. The summed E-state index contributed by atoms with van der Waals surface area (Å²) in [7, 11) is 0. The van der Waals surface area contributed by atoms with Gasteiger partial charge in [0.1, 0.15) is 5.75 Å². The van der Waals surface area contributed by atoms with E-state index in [0.717, 1.165) is 36.4 Å². The normalized spacial score (nSPS) is 12.3. The molecule has 1 atom stereocenters. The summed E-state index contributed by atoms with van der Waals surface area (Å²) in [4.78, 5) is 4.56. The molecular formula is C25H33NO. The second-order valence-corrected chi connectivity index (χ2v) is 7.12. The summed E-state index contributed by atoms with van der Waals surface area (Å²) in [5.41, 5.74) is 4.43. The third-order valence-corrected chi connectivity index (χ3v) is 4.95. The zero-order valence-corrected chi connectivity index (χ0v) is 17.1. The van der Waals surface area contributed by atoms with E-state index < -0.39 is 0 Å². The molecule has 2 rings (SSSR count). The van der Waals surface area contributed by atoms with Gasteiger partial charge >= 0.3 is 0 Å². The van der Waals surface area contributed by atoms with Gasteiger partial charge in [0, 0.05) is 6.21 Å². The van der Waals surface area contributed by atoms with Gasteiger partial charge in [-0.05, 0) is 59.7 Å². The van der Waals surface area contributed by atoms with Crippen LogP contribution in [0.2, 0.25) is 0 Å². The first-order valence-corrected chi connectivity index (χ1v) is 10.2. The highest BCUT2D eigenvalue weighted by Crippen LogP contribution is 2.24. The molecule has 0 aliphatic heterocycles. The van der Waals surface area contributed by atoms with E-state index in [1.165, 1.54) is 30.4 Å². The Morgan fingerprint density at radius 2 is 1.70 bits per heavy atom. The van der Waals surface area contributed by atoms with Crippen molar-refractivity contribution in [2.24, 2.45) is 10.9 Å². The van der Waals surface area contributed by atoms with Gasteiger partial charge in [0.15, 0.2) is 0 Å². The fourth-order valence-electron chi connectivity index (χ4n) is 2.81. The van der Waals surface area contributed by atoms with Gasteiger partial charge in [-0.1, -0.05) is 70.9 Å². The van der Waals surface area contributed by atoms with Gasteiger partial charge in [0.2, 0.25) is 0 Å². The molecule has 2 heteroatoms. The molecule has 2 nitrogen and oxygen atoms in total. The van der Waals surface area contributed by atoms with E-state index in [2.05, 4.69) is 56.6 Å². The van der Waals surface area contributed by atoms with Gasteiger partial charge in [0.25, 0.3) is 0 Å². The minimum atomic E-state index is 0.511. The number of benzene rings is 2. The first kappa shape index (κ1) is 21.0. The van der Waals surface area contributed by atoms with Crippen LogP contribution >= 0.6 is 0 Å². The molecule has 144 valence electrons. The molecule has 0 bridgehead atoms. The van der Waals surface area contributed by atoms with Crippen molar-refractivity contribution >= 4 is 17.5 Å². The largest absolute Gasteiger partial charge is 0.494 e. The van der Waals surface area contributed by atoms with Crippen LogP contribution in [-0.4, -0.2) is 12.8 Å². The van der Waals surface area contributed by atoms with Crippen molar-refractivity contribution in [1.82, 2.24) is 0 Å². The highest BCUT2D eigenvalue weighted by molar-refractivity contribution is 5.82. The lowest BCUT2D eigenvalue weighted by Crippen LogP contribution is -1.96. The fourth-order valence-corrected chi connectivity index (χ4v) is 2.81. The first-order chi connectivity index (χ1) is 13.1. The van der Waals surface area contributed by atoms with E-state index in [9.17, 15) is 0 Å². The molecule has 0 amide bonds. The van der Waals surface area contributed by atoms with Crippen molar-refractivity contribution in [3.63, 3.8) is 0 Å². The van der Waals surface area contributed by atoms with Gasteiger partial charge in [-0.3, -0.25) is 4.99 Å². The standard InChI is InChI=1S/C25H33NO/c1-5-7-8-9-18-27-25-16-14-24(15-17-25)26-19-22-10-12-23(13-11-22)21(4)20(3)6-2/h10-17,19-20H,4-9,18H2,1-3H3. The van der Waals surface area contributed by atoms with Crippen LogP contribution in [0.4, 0.5) is 5.69 Å². The fraction of sp³-hybridized carbons (Fsp3) is 0.400. The van der Waals surface area contributed by atoms with Crippen LogP contribution in [0.5, 0.6) is 5.75 Å². The number of rotatable bonds is 11. The molecule has 0 aliphatic rings. The van der Waals surface area contributed by atoms with Crippen LogP contribution < -0.4 is 4.74 Å². The lowest BCUT2D eigenvalue weighted by molar-refractivity contribution is 0.305. The minimum Gasteiger partial charge on any atom is -0.494 e. The Kier molecular flexibility index (Phi) is 8.83. The van der Waals surface area contributed by atoms with E-state index in [-0.39, 0.29) is 0 Å². The van der Waals surface area contributed by atoms with Crippen LogP contribution in [0.1, 0.15) is 64.0 Å². The van der Waals surface area contributed by atoms with Gasteiger partial charge in [-0.25, -0.2) is 0 Å². The molecule has 27 heavy (non-hydrogen) atoms. The number of allylic oxidation sites excluding steroid dienone is 1. The van der Waals surface area contributed by atoms with Crippen LogP contribution in [0, 0.1) is 5.92 Å². The summed E-state index contributed by atoms with van der Waals surface area (Å²) in [6, 6.07) is 16.4. The number of hydrogen-bond donors (Lipinski definition) is 0. The third kappa shape index (κ3) is 7.05. The van der Waals surface area contributed by atoms with Crippen molar-refractivity contribution in [2.75, 3.05) is 6.61 Å². The summed E-state index contributed by atoms with van der Waals surface area (Å²) < 4.78 is 5.77. The molecule has 0 heterocycles. The molecule has 0 fully saturated rings.